The molecule has 3 aromatic rings. The monoisotopic (exact) mass is 609 g/mol. The number of ether oxygens (including phenoxy) is 2. The molecule has 10 heteroatoms. The molecule has 0 saturated carbocycles. The minimum Gasteiger partial charge on any atom is -0.454 e. The smallest absolute Gasteiger partial charge is 0.264 e. The number of fused-ring (bicyclic) bond motifs is 1. The number of sulfonamides is 1. The Kier molecular flexibility index (Phi) is 9.65. The fourth-order valence-corrected chi connectivity index (χ4v) is 7.01. The first-order valence-electron chi connectivity index (χ1n) is 14.3. The third kappa shape index (κ3) is 8.42. The van der Waals surface area contributed by atoms with Crippen LogP contribution in [0.15, 0.2) is 77.7 Å². The number of benzene rings is 3. The van der Waals surface area contributed by atoms with Crippen molar-refractivity contribution in [1.29, 1.82) is 0 Å². The van der Waals surface area contributed by atoms with Gasteiger partial charge in [-0.25, -0.2) is 13.1 Å². The summed E-state index contributed by atoms with van der Waals surface area (Å²) in [5.41, 5.74) is 2.74. The van der Waals surface area contributed by atoms with Crippen LogP contribution in [0.2, 0.25) is 0 Å². The summed E-state index contributed by atoms with van der Waals surface area (Å²) < 4.78 is 39.2. The van der Waals surface area contributed by atoms with Gasteiger partial charge in [-0.15, -0.1) is 11.8 Å². The molecular weight excluding hydrogens is 571 g/mol. The summed E-state index contributed by atoms with van der Waals surface area (Å²) in [7, 11) is -3.85. The van der Waals surface area contributed by atoms with Crippen LogP contribution in [-0.4, -0.2) is 63.7 Å². The van der Waals surface area contributed by atoms with Crippen molar-refractivity contribution in [1.82, 2.24) is 9.62 Å². The van der Waals surface area contributed by atoms with Crippen molar-refractivity contribution in [2.75, 3.05) is 49.4 Å². The number of rotatable bonds is 12. The van der Waals surface area contributed by atoms with Gasteiger partial charge in [-0.3, -0.25) is 9.69 Å². The molecule has 1 amide bonds. The Morgan fingerprint density at radius 3 is 2.40 bits per heavy atom. The molecule has 1 saturated heterocycles. The lowest BCUT2D eigenvalue weighted by atomic mass is 9.82. The second-order valence-electron chi connectivity index (χ2n) is 11.6. The lowest BCUT2D eigenvalue weighted by Gasteiger charge is -2.38. The van der Waals surface area contributed by atoms with E-state index in [2.05, 4.69) is 40.5 Å². The number of carbonyl (C=O) groups is 1. The Morgan fingerprint density at radius 1 is 0.952 bits per heavy atom. The van der Waals surface area contributed by atoms with E-state index in [4.69, 9.17) is 9.47 Å². The molecule has 0 atom stereocenters. The van der Waals surface area contributed by atoms with Crippen LogP contribution in [0.25, 0.3) is 0 Å². The second kappa shape index (κ2) is 13.4. The van der Waals surface area contributed by atoms with Crippen LogP contribution < -0.4 is 19.1 Å². The lowest BCUT2D eigenvalue weighted by Crippen LogP contribution is -2.38. The summed E-state index contributed by atoms with van der Waals surface area (Å²) in [6.07, 6.45) is 2.23. The molecule has 0 unspecified atom stereocenters. The molecule has 8 nitrogen and oxygen atoms in total. The van der Waals surface area contributed by atoms with Crippen LogP contribution in [0.4, 0.5) is 5.69 Å². The van der Waals surface area contributed by atoms with Gasteiger partial charge in [-0.2, -0.15) is 0 Å². The minimum atomic E-state index is -3.85. The highest BCUT2D eigenvalue weighted by molar-refractivity contribution is 7.99. The van der Waals surface area contributed by atoms with E-state index in [9.17, 15) is 13.2 Å². The van der Waals surface area contributed by atoms with Crippen LogP contribution in [0.5, 0.6) is 11.5 Å². The molecule has 0 spiro atoms. The highest BCUT2D eigenvalue weighted by atomic mass is 32.2. The van der Waals surface area contributed by atoms with Crippen LogP contribution in [0, 0.1) is 5.41 Å². The highest BCUT2D eigenvalue weighted by Crippen LogP contribution is 2.33. The Balaban J connectivity index is 1.17. The summed E-state index contributed by atoms with van der Waals surface area (Å²) in [4.78, 5) is 18.4. The van der Waals surface area contributed by atoms with Gasteiger partial charge in [0.25, 0.3) is 5.91 Å². The average Bonchev–Trinajstić information content (AvgIpc) is 3.44. The third-order valence-corrected chi connectivity index (χ3v) is 10.0. The molecule has 0 bridgehead atoms. The van der Waals surface area contributed by atoms with Crippen LogP contribution in [0.3, 0.4) is 0 Å². The number of piperidine rings is 1. The molecule has 2 aliphatic rings. The molecular formula is C32H39N3O5S2. The number of nitrogens with one attached hydrogen (secondary N) is 1. The van der Waals surface area contributed by atoms with Gasteiger partial charge in [0, 0.05) is 54.6 Å². The molecule has 1 fully saturated rings. The van der Waals surface area contributed by atoms with Gasteiger partial charge in [0.15, 0.2) is 11.5 Å². The number of carbonyl (C=O) groups excluding carboxylic acids is 1. The van der Waals surface area contributed by atoms with Crippen molar-refractivity contribution in [3.8, 4) is 11.5 Å². The van der Waals surface area contributed by atoms with E-state index < -0.39 is 15.9 Å². The maximum absolute atomic E-state index is 13.0. The molecule has 2 heterocycles. The van der Waals surface area contributed by atoms with Crippen molar-refractivity contribution >= 4 is 33.4 Å². The molecule has 0 aromatic heterocycles. The molecule has 0 radical (unpaired) electrons. The van der Waals surface area contributed by atoms with Gasteiger partial charge in [-0.05, 0) is 72.4 Å². The molecule has 1 N–H and O–H groups in total. The van der Waals surface area contributed by atoms with Crippen LogP contribution >= 0.6 is 11.8 Å². The van der Waals surface area contributed by atoms with Crippen molar-refractivity contribution in [3.63, 3.8) is 0 Å². The summed E-state index contributed by atoms with van der Waals surface area (Å²) >= 11 is 1.72. The second-order valence-corrected chi connectivity index (χ2v) is 14.6. The first kappa shape index (κ1) is 30.3. The zero-order chi connectivity index (χ0) is 29.6. The van der Waals surface area contributed by atoms with E-state index in [1.165, 1.54) is 0 Å². The number of nitrogens with zero attached hydrogens (tertiary/aromatic N) is 2. The molecule has 3 aromatic carbocycles. The zero-order valence-electron chi connectivity index (χ0n) is 24.3. The third-order valence-electron chi connectivity index (χ3n) is 7.80. The number of thioether (sulfide) groups is 1. The largest absolute Gasteiger partial charge is 0.454 e. The zero-order valence-corrected chi connectivity index (χ0v) is 25.9. The van der Waals surface area contributed by atoms with Crippen LogP contribution in [-0.2, 0) is 16.6 Å². The van der Waals surface area contributed by atoms with Crippen LogP contribution in [0.1, 0.15) is 42.6 Å². The van der Waals surface area contributed by atoms with Gasteiger partial charge in [0.05, 0.1) is 5.75 Å². The van der Waals surface area contributed by atoms with Gasteiger partial charge in [0.1, 0.15) is 0 Å². The lowest BCUT2D eigenvalue weighted by molar-refractivity contribution is 0.0981. The minimum absolute atomic E-state index is 0.194. The topological polar surface area (TPSA) is 88.2 Å². The van der Waals surface area contributed by atoms with Gasteiger partial charge in [0.2, 0.25) is 16.8 Å². The molecule has 5 rings (SSSR count). The van der Waals surface area contributed by atoms with E-state index >= 15 is 0 Å². The number of anilines is 1. The fourth-order valence-electron chi connectivity index (χ4n) is 5.07. The number of amides is 1. The fraction of sp³-hybridized carbons (Fsp3) is 0.406. The summed E-state index contributed by atoms with van der Waals surface area (Å²) in [5, 5.41) is 0. The Hall–Kier alpha value is -3.21. The van der Waals surface area contributed by atoms with Gasteiger partial charge >= 0.3 is 0 Å². The van der Waals surface area contributed by atoms with E-state index in [-0.39, 0.29) is 19.1 Å². The highest BCUT2D eigenvalue weighted by Gasteiger charge is 2.26. The number of hydrogen-bond donors (Lipinski definition) is 1. The van der Waals surface area contributed by atoms with E-state index in [0.29, 0.717) is 35.6 Å². The van der Waals surface area contributed by atoms with E-state index in [1.807, 2.05) is 48.5 Å². The van der Waals surface area contributed by atoms with Crippen molar-refractivity contribution < 1.29 is 22.7 Å². The van der Waals surface area contributed by atoms with Crippen molar-refractivity contribution in [2.45, 2.75) is 38.1 Å². The Bertz CT molecular complexity index is 1450. The Morgan fingerprint density at radius 2 is 1.67 bits per heavy atom. The Labute approximate surface area is 253 Å². The predicted molar refractivity (Wildman–Crippen MR) is 168 cm³/mol. The maximum atomic E-state index is 13.0. The first-order chi connectivity index (χ1) is 20.2. The van der Waals surface area contributed by atoms with Gasteiger partial charge < -0.3 is 14.4 Å². The normalized spacial score (nSPS) is 16.0. The summed E-state index contributed by atoms with van der Waals surface area (Å²) in [5.74, 6) is 1.40. The standard InChI is InChI=1S/C32H39N3O5S2/c1-32(2)14-16-35(17-15-32)27-11-9-26(10-12-27)31(36)33-42(37,38)21-19-34(18-20-41-28-6-4-3-5-7-28)23-25-8-13-29-30(22-25)40-24-39-29/h3-13,22H,14-21,23-24H2,1-2H3,(H,33,36). The SMILES string of the molecule is CC1(C)CCN(c2ccc(C(=O)NS(=O)(=O)CCN(CCSc3ccccc3)Cc3ccc4c(c3)OCO4)cc2)CC1. The van der Waals surface area contributed by atoms with Crippen molar-refractivity contribution in [2.24, 2.45) is 5.41 Å². The average molecular weight is 610 g/mol. The molecule has 2 aliphatic heterocycles. The first-order valence-corrected chi connectivity index (χ1v) is 17.0. The van der Waals surface area contributed by atoms with Gasteiger partial charge in [-0.1, -0.05) is 38.1 Å². The quantitative estimate of drug-likeness (QED) is 0.274. The predicted octanol–water partition coefficient (Wildman–Crippen LogP) is 5.40. The van der Waals surface area contributed by atoms with E-state index in [0.717, 1.165) is 47.8 Å². The number of hydrogen-bond acceptors (Lipinski definition) is 8. The van der Waals surface area contributed by atoms with E-state index in [1.54, 1.807) is 23.9 Å². The summed E-state index contributed by atoms with van der Waals surface area (Å²) in [6.45, 7) is 8.22. The summed E-state index contributed by atoms with van der Waals surface area (Å²) in [6, 6.07) is 23.1. The molecule has 42 heavy (non-hydrogen) atoms. The molecule has 0 aliphatic carbocycles. The van der Waals surface area contributed by atoms with Crippen molar-refractivity contribution in [3.05, 3.63) is 83.9 Å². The maximum Gasteiger partial charge on any atom is 0.264 e. The molecule has 224 valence electrons.